The molecular weight excluding hydrogens is 360 g/mol. The number of amides is 1. The first-order valence-electron chi connectivity index (χ1n) is 8.66. The number of aryl methyl sites for hydroxylation is 1. The van der Waals surface area contributed by atoms with Gasteiger partial charge in [0.15, 0.2) is 17.3 Å². The van der Waals surface area contributed by atoms with E-state index in [4.69, 9.17) is 18.7 Å². The van der Waals surface area contributed by atoms with Crippen LogP contribution in [0.1, 0.15) is 11.3 Å². The summed E-state index contributed by atoms with van der Waals surface area (Å²) >= 11 is 0. The van der Waals surface area contributed by atoms with E-state index in [1.165, 1.54) is 0 Å². The number of rotatable bonds is 7. The molecular formula is C21H22N2O5. The van der Waals surface area contributed by atoms with Gasteiger partial charge in [0, 0.05) is 11.6 Å². The fourth-order valence-corrected chi connectivity index (χ4v) is 2.80. The zero-order chi connectivity index (χ0) is 20.1. The van der Waals surface area contributed by atoms with Gasteiger partial charge in [0.25, 0.3) is 0 Å². The fourth-order valence-electron chi connectivity index (χ4n) is 2.80. The van der Waals surface area contributed by atoms with E-state index in [0.717, 1.165) is 11.1 Å². The highest BCUT2D eigenvalue weighted by molar-refractivity contribution is 5.93. The topological polar surface area (TPSA) is 82.8 Å². The van der Waals surface area contributed by atoms with Gasteiger partial charge < -0.3 is 24.1 Å². The van der Waals surface area contributed by atoms with Crippen molar-refractivity contribution in [3.8, 4) is 28.6 Å². The largest absolute Gasteiger partial charge is 0.495 e. The number of carbonyl (C=O) groups excluding carboxylic acids is 1. The second-order valence-electron chi connectivity index (χ2n) is 6.18. The smallest absolute Gasteiger partial charge is 0.230 e. The molecule has 1 heterocycles. The second-order valence-corrected chi connectivity index (χ2v) is 6.18. The molecule has 1 N–H and O–H groups in total. The van der Waals surface area contributed by atoms with Crippen LogP contribution in [-0.2, 0) is 11.2 Å². The van der Waals surface area contributed by atoms with Crippen molar-refractivity contribution >= 4 is 11.6 Å². The van der Waals surface area contributed by atoms with Crippen molar-refractivity contribution in [2.75, 3.05) is 26.6 Å². The highest BCUT2D eigenvalue weighted by Crippen LogP contribution is 2.32. The van der Waals surface area contributed by atoms with Gasteiger partial charge in [-0.05, 0) is 42.8 Å². The van der Waals surface area contributed by atoms with Crippen LogP contribution in [0.3, 0.4) is 0 Å². The summed E-state index contributed by atoms with van der Waals surface area (Å²) in [5.74, 6) is 2.14. The molecule has 3 aromatic rings. The predicted octanol–water partition coefficient (Wildman–Crippen LogP) is 3.86. The molecule has 0 bridgehead atoms. The quantitative estimate of drug-likeness (QED) is 0.668. The molecule has 1 aromatic heterocycles. The molecule has 0 spiro atoms. The Morgan fingerprint density at radius 2 is 1.68 bits per heavy atom. The zero-order valence-corrected chi connectivity index (χ0v) is 16.2. The summed E-state index contributed by atoms with van der Waals surface area (Å²) in [7, 11) is 4.70. The Bertz CT molecular complexity index is 981. The van der Waals surface area contributed by atoms with Gasteiger partial charge in [-0.2, -0.15) is 0 Å². The lowest BCUT2D eigenvalue weighted by Gasteiger charge is -2.10. The average Bonchev–Trinajstić information content (AvgIpc) is 3.15. The number of hydrogen-bond acceptors (Lipinski definition) is 6. The summed E-state index contributed by atoms with van der Waals surface area (Å²) < 4.78 is 21.2. The molecule has 0 atom stereocenters. The van der Waals surface area contributed by atoms with Crippen molar-refractivity contribution in [1.29, 1.82) is 0 Å². The van der Waals surface area contributed by atoms with E-state index in [1.807, 2.05) is 31.2 Å². The fraction of sp³-hybridized carbons (Fsp3) is 0.238. The highest BCUT2D eigenvalue weighted by Gasteiger charge is 2.14. The Hall–Kier alpha value is -3.48. The van der Waals surface area contributed by atoms with Crippen LogP contribution in [0.5, 0.6) is 17.2 Å². The molecule has 28 heavy (non-hydrogen) atoms. The predicted molar refractivity (Wildman–Crippen MR) is 105 cm³/mol. The van der Waals surface area contributed by atoms with Crippen molar-refractivity contribution < 1.29 is 23.5 Å². The third-order valence-corrected chi connectivity index (χ3v) is 4.20. The van der Waals surface area contributed by atoms with Crippen LogP contribution >= 0.6 is 0 Å². The molecule has 7 nitrogen and oxygen atoms in total. The van der Waals surface area contributed by atoms with Gasteiger partial charge in [0.2, 0.25) is 5.91 Å². The van der Waals surface area contributed by atoms with E-state index in [2.05, 4.69) is 10.5 Å². The van der Waals surface area contributed by atoms with Crippen molar-refractivity contribution in [3.05, 3.63) is 53.7 Å². The van der Waals surface area contributed by atoms with Crippen LogP contribution in [0.2, 0.25) is 0 Å². The van der Waals surface area contributed by atoms with Crippen LogP contribution in [0.25, 0.3) is 11.3 Å². The van der Waals surface area contributed by atoms with Gasteiger partial charge in [-0.1, -0.05) is 11.2 Å². The minimum Gasteiger partial charge on any atom is -0.495 e. The molecule has 0 radical (unpaired) electrons. The van der Waals surface area contributed by atoms with E-state index < -0.39 is 0 Å². The first-order valence-corrected chi connectivity index (χ1v) is 8.66. The van der Waals surface area contributed by atoms with Crippen LogP contribution in [-0.4, -0.2) is 32.4 Å². The lowest BCUT2D eigenvalue weighted by Crippen LogP contribution is -2.15. The Labute approximate surface area is 163 Å². The molecule has 0 saturated carbocycles. The number of aromatic nitrogens is 1. The van der Waals surface area contributed by atoms with Crippen molar-refractivity contribution in [2.45, 2.75) is 13.3 Å². The number of nitrogens with zero attached hydrogens (tertiary/aromatic N) is 1. The van der Waals surface area contributed by atoms with Gasteiger partial charge in [0.1, 0.15) is 5.75 Å². The lowest BCUT2D eigenvalue weighted by atomic mass is 10.1. The Kier molecular flexibility index (Phi) is 5.84. The van der Waals surface area contributed by atoms with E-state index in [1.54, 1.807) is 39.5 Å². The van der Waals surface area contributed by atoms with E-state index >= 15 is 0 Å². The van der Waals surface area contributed by atoms with Gasteiger partial charge in [0.05, 0.1) is 39.1 Å². The monoisotopic (exact) mass is 382 g/mol. The molecule has 7 heteroatoms. The SMILES string of the molecule is COc1ccc(C)cc1NC(=O)Cc1cc(-c2ccc(OC)c(OC)c2)on1. The van der Waals surface area contributed by atoms with Gasteiger partial charge in [-0.3, -0.25) is 4.79 Å². The molecule has 0 aliphatic heterocycles. The third-order valence-electron chi connectivity index (χ3n) is 4.20. The summed E-state index contributed by atoms with van der Waals surface area (Å²) in [6, 6.07) is 12.7. The maximum atomic E-state index is 12.4. The van der Waals surface area contributed by atoms with Crippen molar-refractivity contribution in [1.82, 2.24) is 5.16 Å². The normalized spacial score (nSPS) is 10.4. The molecule has 146 valence electrons. The summed E-state index contributed by atoms with van der Waals surface area (Å²) in [6.07, 6.45) is 0.0773. The van der Waals surface area contributed by atoms with Crippen molar-refractivity contribution in [3.63, 3.8) is 0 Å². The molecule has 0 fully saturated rings. The molecule has 0 aliphatic carbocycles. The van der Waals surface area contributed by atoms with Crippen LogP contribution in [0, 0.1) is 6.92 Å². The Morgan fingerprint density at radius 3 is 2.39 bits per heavy atom. The minimum atomic E-state index is -0.212. The summed E-state index contributed by atoms with van der Waals surface area (Å²) in [5.41, 5.74) is 2.94. The maximum Gasteiger partial charge on any atom is 0.230 e. The Morgan fingerprint density at radius 1 is 0.964 bits per heavy atom. The molecule has 0 aliphatic rings. The maximum absolute atomic E-state index is 12.4. The van der Waals surface area contributed by atoms with Gasteiger partial charge >= 0.3 is 0 Å². The number of anilines is 1. The number of nitrogens with one attached hydrogen (secondary N) is 1. The number of carbonyl (C=O) groups is 1. The average molecular weight is 382 g/mol. The standard InChI is InChI=1S/C21H22N2O5/c1-13-5-7-17(25-2)16(9-13)22-21(24)12-15-11-19(28-23-15)14-6-8-18(26-3)20(10-14)27-4/h5-11H,12H2,1-4H3,(H,22,24). The van der Waals surface area contributed by atoms with E-state index in [0.29, 0.717) is 34.4 Å². The summed E-state index contributed by atoms with van der Waals surface area (Å²) in [5, 5.41) is 6.84. The van der Waals surface area contributed by atoms with Crippen LogP contribution < -0.4 is 19.5 Å². The first-order chi connectivity index (χ1) is 13.5. The third kappa shape index (κ3) is 4.25. The minimum absolute atomic E-state index is 0.0773. The van der Waals surface area contributed by atoms with Crippen molar-refractivity contribution in [2.24, 2.45) is 0 Å². The lowest BCUT2D eigenvalue weighted by molar-refractivity contribution is -0.115. The van der Waals surface area contributed by atoms with Gasteiger partial charge in [-0.25, -0.2) is 0 Å². The zero-order valence-electron chi connectivity index (χ0n) is 16.2. The van der Waals surface area contributed by atoms with Crippen LogP contribution in [0.4, 0.5) is 5.69 Å². The molecule has 0 unspecified atom stereocenters. The number of hydrogen-bond donors (Lipinski definition) is 1. The molecule has 2 aromatic carbocycles. The molecule has 1 amide bonds. The van der Waals surface area contributed by atoms with E-state index in [-0.39, 0.29) is 12.3 Å². The number of benzene rings is 2. The summed E-state index contributed by atoms with van der Waals surface area (Å²) in [6.45, 7) is 1.95. The number of ether oxygens (including phenoxy) is 3. The van der Waals surface area contributed by atoms with Crippen LogP contribution in [0.15, 0.2) is 47.0 Å². The van der Waals surface area contributed by atoms with Gasteiger partial charge in [-0.15, -0.1) is 0 Å². The molecule has 0 saturated heterocycles. The first kappa shape index (κ1) is 19.3. The summed E-state index contributed by atoms with van der Waals surface area (Å²) in [4.78, 5) is 12.4. The number of methoxy groups -OCH3 is 3. The second kappa shape index (κ2) is 8.47. The Balaban J connectivity index is 1.73. The van der Waals surface area contributed by atoms with E-state index in [9.17, 15) is 4.79 Å². The highest BCUT2D eigenvalue weighted by atomic mass is 16.5. The molecule has 3 rings (SSSR count).